The van der Waals surface area contributed by atoms with Crippen LogP contribution in [0.2, 0.25) is 0 Å². The first-order valence-corrected chi connectivity index (χ1v) is 11.5. The summed E-state index contributed by atoms with van der Waals surface area (Å²) in [7, 11) is 0. The Morgan fingerprint density at radius 2 is 1.69 bits per heavy atom. The molecule has 0 spiro atoms. The van der Waals surface area contributed by atoms with Crippen LogP contribution >= 0.6 is 0 Å². The Hall–Kier alpha value is -2.20. The quantitative estimate of drug-likeness (QED) is 0.639. The molecule has 4 rings (SSSR count). The van der Waals surface area contributed by atoms with Gasteiger partial charge in [-0.25, -0.2) is 14.2 Å². The number of imidazole rings is 1. The summed E-state index contributed by atoms with van der Waals surface area (Å²) in [5.74, 6) is 0. The van der Waals surface area contributed by atoms with Crippen LogP contribution in [0.5, 0.6) is 0 Å². The molecule has 0 atom stereocenters. The fourth-order valence-corrected chi connectivity index (χ4v) is 4.82. The molecule has 1 aromatic heterocycles. The van der Waals surface area contributed by atoms with Crippen molar-refractivity contribution >= 4 is 17.1 Å². The summed E-state index contributed by atoms with van der Waals surface area (Å²) in [6.07, 6.45) is 2.23. The predicted molar refractivity (Wildman–Crippen MR) is 121 cm³/mol. The number of β-amino-alcohol motifs (C(OH)–C–C–N with tert-alkyl or cyclic N) is 1. The number of hydrogen-bond acceptors (Lipinski definition) is 6. The Kier molecular flexibility index (Phi) is 6.44. The van der Waals surface area contributed by atoms with Crippen molar-refractivity contribution < 1.29 is 19.7 Å². The number of carbonyl (C=O) groups is 1. The Balaban J connectivity index is 1.39. The first kappa shape index (κ1) is 23.0. The number of para-hydroxylation sites is 2. The molecule has 1 aromatic carbocycles. The van der Waals surface area contributed by atoms with Gasteiger partial charge in [0.15, 0.2) is 0 Å². The fraction of sp³-hybridized carbons (Fsp3) is 0.652. The van der Waals surface area contributed by atoms with Crippen LogP contribution in [-0.4, -0.2) is 80.9 Å². The summed E-state index contributed by atoms with van der Waals surface area (Å²) in [6.45, 7) is 6.89. The number of fused-ring (bicyclic) bond motifs is 1. The maximum Gasteiger partial charge on any atom is 0.337 e. The van der Waals surface area contributed by atoms with Crippen LogP contribution < -0.4 is 11.0 Å². The first-order valence-electron chi connectivity index (χ1n) is 11.5. The molecule has 32 heavy (non-hydrogen) atoms. The number of likely N-dealkylation sites (tertiary alicyclic amines) is 1. The third-order valence-electron chi connectivity index (χ3n) is 6.80. The number of aliphatic hydroxyl groups is 2. The number of hydrogen-bond donors (Lipinski definition) is 3. The molecule has 9 heteroatoms. The van der Waals surface area contributed by atoms with Gasteiger partial charge in [-0.2, -0.15) is 0 Å². The first-order chi connectivity index (χ1) is 15.2. The molecule has 2 aliphatic heterocycles. The minimum absolute atomic E-state index is 0.0748. The third kappa shape index (κ3) is 4.61. The highest BCUT2D eigenvalue weighted by Crippen LogP contribution is 2.27. The lowest BCUT2D eigenvalue weighted by molar-refractivity contribution is -0.0934. The van der Waals surface area contributed by atoms with Gasteiger partial charge in [-0.3, -0.25) is 4.57 Å². The lowest BCUT2D eigenvalue weighted by Crippen LogP contribution is -2.55. The molecule has 0 bridgehead atoms. The van der Waals surface area contributed by atoms with E-state index in [1.807, 2.05) is 26.0 Å². The molecule has 9 nitrogen and oxygen atoms in total. The van der Waals surface area contributed by atoms with Gasteiger partial charge >= 0.3 is 11.7 Å². The van der Waals surface area contributed by atoms with Crippen molar-refractivity contribution in [1.29, 1.82) is 0 Å². The summed E-state index contributed by atoms with van der Waals surface area (Å²) in [5, 5.41) is 24.5. The van der Waals surface area contributed by atoms with E-state index < -0.39 is 17.2 Å². The van der Waals surface area contributed by atoms with Gasteiger partial charge in [0, 0.05) is 58.3 Å². The SMILES string of the molecule is CC(C)n1c(=O)n(C(=O)NCC2(O)CCN(CC3(O)CCOCC3)CC2)c2ccccc21. The average molecular weight is 447 g/mol. The third-order valence-corrected chi connectivity index (χ3v) is 6.80. The molecule has 0 aliphatic carbocycles. The number of benzene rings is 1. The van der Waals surface area contributed by atoms with Crippen LogP contribution in [0.3, 0.4) is 0 Å². The zero-order chi connectivity index (χ0) is 22.9. The Labute approximate surface area is 187 Å². The number of piperidine rings is 1. The second kappa shape index (κ2) is 8.97. The highest BCUT2D eigenvalue weighted by molar-refractivity contribution is 5.89. The number of ether oxygens (including phenoxy) is 1. The van der Waals surface area contributed by atoms with Crippen molar-refractivity contribution in [2.75, 3.05) is 39.4 Å². The maximum absolute atomic E-state index is 12.9. The Morgan fingerprint density at radius 1 is 1.06 bits per heavy atom. The van der Waals surface area contributed by atoms with Gasteiger partial charge in [0.25, 0.3) is 0 Å². The summed E-state index contributed by atoms with van der Waals surface area (Å²) in [4.78, 5) is 28.0. The molecule has 3 N–H and O–H groups in total. The number of nitrogens with zero attached hydrogens (tertiary/aromatic N) is 3. The molecule has 176 valence electrons. The van der Waals surface area contributed by atoms with Gasteiger partial charge in [0.05, 0.1) is 22.2 Å². The minimum atomic E-state index is -1.04. The smallest absolute Gasteiger partial charge is 0.337 e. The van der Waals surface area contributed by atoms with Crippen molar-refractivity contribution in [3.63, 3.8) is 0 Å². The topological polar surface area (TPSA) is 109 Å². The maximum atomic E-state index is 12.9. The van der Waals surface area contributed by atoms with E-state index in [0.717, 1.165) is 4.57 Å². The number of rotatable bonds is 5. The molecule has 2 fully saturated rings. The molecule has 2 aromatic rings. The summed E-state index contributed by atoms with van der Waals surface area (Å²) >= 11 is 0. The zero-order valence-electron chi connectivity index (χ0n) is 18.9. The predicted octanol–water partition coefficient (Wildman–Crippen LogP) is 1.31. The van der Waals surface area contributed by atoms with E-state index in [1.165, 1.54) is 0 Å². The highest BCUT2D eigenvalue weighted by atomic mass is 16.5. The number of carbonyl (C=O) groups excluding carboxylic acids is 1. The summed E-state index contributed by atoms with van der Waals surface area (Å²) in [6, 6.07) is 6.61. The van der Waals surface area contributed by atoms with E-state index in [-0.39, 0.29) is 18.3 Å². The van der Waals surface area contributed by atoms with Crippen LogP contribution in [0.25, 0.3) is 11.0 Å². The minimum Gasteiger partial charge on any atom is -0.388 e. The number of nitrogens with one attached hydrogen (secondary N) is 1. The van der Waals surface area contributed by atoms with Gasteiger partial charge in [-0.05, 0) is 38.8 Å². The molecule has 1 amide bonds. The normalized spacial score (nSPS) is 21.2. The lowest BCUT2D eigenvalue weighted by Gasteiger charge is -2.42. The lowest BCUT2D eigenvalue weighted by atomic mass is 9.88. The fourth-order valence-electron chi connectivity index (χ4n) is 4.82. The van der Waals surface area contributed by atoms with E-state index in [1.54, 1.807) is 16.7 Å². The van der Waals surface area contributed by atoms with E-state index in [4.69, 9.17) is 4.74 Å². The van der Waals surface area contributed by atoms with Crippen LogP contribution in [0, 0.1) is 0 Å². The molecule has 3 heterocycles. The van der Waals surface area contributed by atoms with E-state index in [2.05, 4.69) is 10.2 Å². The molecule has 2 saturated heterocycles. The van der Waals surface area contributed by atoms with Crippen LogP contribution in [0.4, 0.5) is 4.79 Å². The average Bonchev–Trinajstić information content (AvgIpc) is 3.06. The second-order valence-electron chi connectivity index (χ2n) is 9.57. The van der Waals surface area contributed by atoms with E-state index >= 15 is 0 Å². The van der Waals surface area contributed by atoms with Gasteiger partial charge in [-0.1, -0.05) is 12.1 Å². The van der Waals surface area contributed by atoms with Gasteiger partial charge in [0.1, 0.15) is 0 Å². The second-order valence-corrected chi connectivity index (χ2v) is 9.57. The van der Waals surface area contributed by atoms with Crippen LogP contribution in [0.1, 0.15) is 45.6 Å². The number of aromatic nitrogens is 2. The molecule has 0 radical (unpaired) electrons. The van der Waals surface area contributed by atoms with Crippen molar-refractivity contribution in [1.82, 2.24) is 19.4 Å². The van der Waals surface area contributed by atoms with Crippen LogP contribution in [-0.2, 0) is 4.74 Å². The van der Waals surface area contributed by atoms with Gasteiger partial charge in [0.2, 0.25) is 0 Å². The monoisotopic (exact) mass is 446 g/mol. The largest absolute Gasteiger partial charge is 0.388 e. The summed E-state index contributed by atoms with van der Waals surface area (Å²) in [5.41, 5.74) is -0.890. The van der Waals surface area contributed by atoms with Gasteiger partial charge in [-0.15, -0.1) is 0 Å². The van der Waals surface area contributed by atoms with Gasteiger partial charge < -0.3 is 25.2 Å². The van der Waals surface area contributed by atoms with Crippen molar-refractivity contribution in [3.05, 3.63) is 34.7 Å². The van der Waals surface area contributed by atoms with Crippen molar-refractivity contribution in [2.45, 2.75) is 56.8 Å². The van der Waals surface area contributed by atoms with E-state index in [9.17, 15) is 19.8 Å². The van der Waals surface area contributed by atoms with Crippen molar-refractivity contribution in [2.24, 2.45) is 0 Å². The Bertz CT molecular complexity index is 1010. The number of amides is 1. The molecular weight excluding hydrogens is 412 g/mol. The molecule has 0 unspecified atom stereocenters. The van der Waals surface area contributed by atoms with E-state index in [0.29, 0.717) is 69.6 Å². The van der Waals surface area contributed by atoms with Crippen molar-refractivity contribution in [3.8, 4) is 0 Å². The van der Waals surface area contributed by atoms with Crippen LogP contribution in [0.15, 0.2) is 29.1 Å². The summed E-state index contributed by atoms with van der Waals surface area (Å²) < 4.78 is 8.09. The standard InChI is InChI=1S/C23H34N4O5/c1-17(2)26-18-5-3-4-6-19(18)27(21(26)29)20(28)24-15-22(30)7-11-25(12-8-22)16-23(31)9-13-32-14-10-23/h3-6,17,30-31H,7-16H2,1-2H3,(H,24,28). The molecule has 0 saturated carbocycles. The zero-order valence-corrected chi connectivity index (χ0v) is 18.9. The molecule has 2 aliphatic rings. The molecular formula is C23H34N4O5. The Morgan fingerprint density at radius 3 is 2.31 bits per heavy atom. The highest BCUT2D eigenvalue weighted by Gasteiger charge is 2.37.